The van der Waals surface area contributed by atoms with Gasteiger partial charge in [0.05, 0.1) is 17.8 Å². The van der Waals surface area contributed by atoms with Crippen molar-refractivity contribution in [1.82, 2.24) is 15.0 Å². The molecule has 0 fully saturated rings. The largest absolute Gasteiger partial charge is 0.459 e. The van der Waals surface area contributed by atoms with Crippen LogP contribution in [0.2, 0.25) is 0 Å². The Labute approximate surface area is 161 Å². The summed E-state index contributed by atoms with van der Waals surface area (Å²) < 4.78 is 6.97. The second kappa shape index (κ2) is 9.67. The fraction of sp³-hybridized carbons (Fsp3) is 0.318. The predicted octanol–water partition coefficient (Wildman–Crippen LogP) is 4.54. The maximum absolute atomic E-state index is 12.4. The molecule has 0 spiro atoms. The maximum Gasteiger partial charge on any atom is 0.313 e. The van der Waals surface area contributed by atoms with Crippen LogP contribution >= 0.6 is 0 Å². The number of aromatic nitrogens is 3. The average molecular weight is 365 g/mol. The standard InChI is InChI=1S/C22H27N3O2/c1-6-8-21(7-2)25-14-20(23-24-25)15-27-22(26)17(5)19-11-9-18(10-12-19)13-16(3)4/h6-12,14,16-17H,1-2,13,15H2,3-5H3/b21-8+. The number of hydrogen-bond acceptors (Lipinski definition) is 4. The van der Waals surface area contributed by atoms with Gasteiger partial charge in [-0.1, -0.05) is 62.6 Å². The second-order valence-electron chi connectivity index (χ2n) is 6.85. The number of rotatable bonds is 9. The van der Waals surface area contributed by atoms with Crippen LogP contribution in [-0.2, 0) is 22.6 Å². The van der Waals surface area contributed by atoms with Crippen LogP contribution < -0.4 is 0 Å². The van der Waals surface area contributed by atoms with Gasteiger partial charge >= 0.3 is 5.97 Å². The number of carbonyl (C=O) groups excluding carboxylic acids is 1. The van der Waals surface area contributed by atoms with E-state index in [1.807, 2.05) is 19.1 Å². The molecule has 5 nitrogen and oxygen atoms in total. The SMILES string of the molecule is C=C/C=C(\C=C)n1cc(COC(=O)C(C)c2ccc(CC(C)C)cc2)nn1. The number of esters is 1. The Morgan fingerprint density at radius 1 is 1.22 bits per heavy atom. The average Bonchev–Trinajstić information content (AvgIpc) is 3.12. The van der Waals surface area contributed by atoms with Gasteiger partial charge in [-0.25, -0.2) is 4.68 Å². The van der Waals surface area contributed by atoms with Crippen molar-refractivity contribution < 1.29 is 9.53 Å². The van der Waals surface area contributed by atoms with Gasteiger partial charge in [0.2, 0.25) is 0 Å². The lowest BCUT2D eigenvalue weighted by molar-refractivity contribution is -0.146. The zero-order valence-corrected chi connectivity index (χ0v) is 16.3. The summed E-state index contributed by atoms with van der Waals surface area (Å²) in [6.45, 7) is 13.7. The summed E-state index contributed by atoms with van der Waals surface area (Å²) in [5.74, 6) is -0.0149. The van der Waals surface area contributed by atoms with Crippen LogP contribution in [0.15, 0.2) is 61.8 Å². The first-order valence-electron chi connectivity index (χ1n) is 9.06. The predicted molar refractivity (Wildman–Crippen MR) is 108 cm³/mol. The normalized spacial score (nSPS) is 12.7. The van der Waals surface area contributed by atoms with Gasteiger partial charge in [-0.3, -0.25) is 4.79 Å². The second-order valence-corrected chi connectivity index (χ2v) is 6.85. The summed E-state index contributed by atoms with van der Waals surface area (Å²) in [5.41, 5.74) is 3.53. The van der Waals surface area contributed by atoms with Crippen molar-refractivity contribution in [2.24, 2.45) is 5.92 Å². The van der Waals surface area contributed by atoms with Gasteiger partial charge in [-0.2, -0.15) is 0 Å². The molecule has 1 aromatic carbocycles. The fourth-order valence-electron chi connectivity index (χ4n) is 2.67. The molecule has 0 N–H and O–H groups in total. The molecule has 0 aliphatic carbocycles. The van der Waals surface area contributed by atoms with Crippen LogP contribution in [0.5, 0.6) is 0 Å². The van der Waals surface area contributed by atoms with Gasteiger partial charge in [-0.05, 0) is 42.5 Å². The highest BCUT2D eigenvalue weighted by Gasteiger charge is 2.17. The van der Waals surface area contributed by atoms with Crippen molar-refractivity contribution in [2.45, 2.75) is 39.7 Å². The summed E-state index contributed by atoms with van der Waals surface area (Å²) >= 11 is 0. The molecule has 0 radical (unpaired) electrons. The summed E-state index contributed by atoms with van der Waals surface area (Å²) in [5, 5.41) is 8.03. The minimum absolute atomic E-state index is 0.0765. The number of nitrogens with zero attached hydrogens (tertiary/aromatic N) is 3. The van der Waals surface area contributed by atoms with Gasteiger partial charge in [0.15, 0.2) is 0 Å². The Hall–Kier alpha value is -2.95. The Morgan fingerprint density at radius 3 is 2.52 bits per heavy atom. The van der Waals surface area contributed by atoms with E-state index in [0.717, 1.165) is 17.7 Å². The molecular weight excluding hydrogens is 338 g/mol. The van der Waals surface area contributed by atoms with E-state index in [4.69, 9.17) is 4.74 Å². The van der Waals surface area contributed by atoms with Crippen LogP contribution in [0.4, 0.5) is 0 Å². The van der Waals surface area contributed by atoms with E-state index in [-0.39, 0.29) is 18.5 Å². The van der Waals surface area contributed by atoms with Gasteiger partial charge in [0.25, 0.3) is 0 Å². The number of allylic oxidation sites excluding steroid dienone is 4. The van der Waals surface area contributed by atoms with E-state index >= 15 is 0 Å². The topological polar surface area (TPSA) is 57.0 Å². The third kappa shape index (κ3) is 5.78. The molecule has 1 atom stereocenters. The first-order chi connectivity index (χ1) is 12.9. The summed E-state index contributed by atoms with van der Waals surface area (Å²) in [4.78, 5) is 12.4. The highest BCUT2D eigenvalue weighted by Crippen LogP contribution is 2.19. The molecular formula is C22H27N3O2. The lowest BCUT2D eigenvalue weighted by Crippen LogP contribution is -2.13. The molecule has 1 aromatic heterocycles. The fourth-order valence-corrected chi connectivity index (χ4v) is 2.67. The van der Waals surface area contributed by atoms with Crippen LogP contribution in [0.3, 0.4) is 0 Å². The Morgan fingerprint density at radius 2 is 1.93 bits per heavy atom. The Kier molecular flexibility index (Phi) is 7.29. The van der Waals surface area contributed by atoms with Gasteiger partial charge in [0.1, 0.15) is 12.3 Å². The van der Waals surface area contributed by atoms with Crippen molar-refractivity contribution in [3.8, 4) is 0 Å². The molecule has 2 rings (SSSR count). The molecule has 0 aliphatic rings. The molecule has 1 unspecified atom stereocenters. The lowest BCUT2D eigenvalue weighted by Gasteiger charge is -2.12. The summed E-state index contributed by atoms with van der Waals surface area (Å²) in [7, 11) is 0. The van der Waals surface area contributed by atoms with Crippen LogP contribution in [0, 0.1) is 5.92 Å². The third-order valence-electron chi connectivity index (χ3n) is 4.14. The maximum atomic E-state index is 12.4. The lowest BCUT2D eigenvalue weighted by atomic mass is 9.97. The van der Waals surface area contributed by atoms with Crippen LogP contribution in [0.25, 0.3) is 5.70 Å². The van der Waals surface area contributed by atoms with Gasteiger partial charge in [0, 0.05) is 0 Å². The molecule has 5 heteroatoms. The number of carbonyl (C=O) groups is 1. The molecule has 27 heavy (non-hydrogen) atoms. The van der Waals surface area contributed by atoms with Crippen molar-refractivity contribution in [2.75, 3.05) is 0 Å². The summed E-state index contributed by atoms with van der Waals surface area (Å²) in [6.07, 6.45) is 7.80. The van der Waals surface area contributed by atoms with Crippen molar-refractivity contribution >= 4 is 11.7 Å². The minimum atomic E-state index is -0.336. The molecule has 2 aromatic rings. The highest BCUT2D eigenvalue weighted by atomic mass is 16.5. The van der Waals surface area contributed by atoms with E-state index in [0.29, 0.717) is 11.6 Å². The van der Waals surface area contributed by atoms with E-state index in [9.17, 15) is 4.79 Å². The summed E-state index contributed by atoms with van der Waals surface area (Å²) in [6, 6.07) is 8.15. The molecule has 0 bridgehead atoms. The van der Waals surface area contributed by atoms with Crippen molar-refractivity contribution in [3.05, 3.63) is 78.7 Å². The van der Waals surface area contributed by atoms with Gasteiger partial charge in [-0.15, -0.1) is 5.10 Å². The van der Waals surface area contributed by atoms with E-state index in [2.05, 4.69) is 49.5 Å². The van der Waals surface area contributed by atoms with E-state index in [1.54, 1.807) is 29.1 Å². The first kappa shape index (κ1) is 20.4. The van der Waals surface area contributed by atoms with Crippen LogP contribution in [0.1, 0.15) is 43.5 Å². The smallest absolute Gasteiger partial charge is 0.313 e. The highest BCUT2D eigenvalue weighted by molar-refractivity contribution is 5.77. The first-order valence-corrected chi connectivity index (χ1v) is 9.06. The van der Waals surface area contributed by atoms with Crippen molar-refractivity contribution in [1.29, 1.82) is 0 Å². The molecule has 1 heterocycles. The Balaban J connectivity index is 1.95. The number of benzene rings is 1. The van der Waals surface area contributed by atoms with Gasteiger partial charge < -0.3 is 4.74 Å². The Bertz CT molecular complexity index is 816. The third-order valence-corrected chi connectivity index (χ3v) is 4.14. The molecule has 142 valence electrons. The van der Waals surface area contributed by atoms with E-state index < -0.39 is 0 Å². The van der Waals surface area contributed by atoms with E-state index in [1.165, 1.54) is 5.56 Å². The van der Waals surface area contributed by atoms with Crippen LogP contribution in [-0.4, -0.2) is 21.0 Å². The molecule has 0 aliphatic heterocycles. The van der Waals surface area contributed by atoms with Crippen molar-refractivity contribution in [3.63, 3.8) is 0 Å². The quantitative estimate of drug-likeness (QED) is 0.484. The minimum Gasteiger partial charge on any atom is -0.459 e. The number of hydrogen-bond donors (Lipinski definition) is 0. The zero-order chi connectivity index (χ0) is 19.8. The molecule has 0 saturated heterocycles. The monoisotopic (exact) mass is 365 g/mol. The zero-order valence-electron chi connectivity index (χ0n) is 16.3. The number of ether oxygens (including phenoxy) is 1. The molecule has 0 amide bonds. The molecule has 0 saturated carbocycles.